The van der Waals surface area contributed by atoms with E-state index in [4.69, 9.17) is 0 Å². The lowest BCUT2D eigenvalue weighted by Gasteiger charge is -2.38. The largest absolute Gasteiger partial charge is 0.384 e. The molecule has 2 bridgehead atoms. The molecule has 0 aromatic heterocycles. The number of aliphatic hydroxyl groups is 1. The second-order valence-electron chi connectivity index (χ2n) is 5.36. The maximum Gasteiger partial charge on any atom is 0.267 e. The number of halogens is 2. The van der Waals surface area contributed by atoms with Crippen LogP contribution in [0.2, 0.25) is 0 Å². The highest BCUT2D eigenvalue weighted by Gasteiger charge is 2.63. The van der Waals surface area contributed by atoms with Gasteiger partial charge < -0.3 is 5.11 Å². The highest BCUT2D eigenvalue weighted by Crippen LogP contribution is 2.63. The number of hydrogen-bond donors (Lipinski definition) is 1. The van der Waals surface area contributed by atoms with Crippen molar-refractivity contribution in [2.45, 2.75) is 44.1 Å². The predicted octanol–water partition coefficient (Wildman–Crippen LogP) is 2.44. The smallest absolute Gasteiger partial charge is 0.267 e. The summed E-state index contributed by atoms with van der Waals surface area (Å²) in [6.07, 6.45) is 2.14. The molecule has 5 atom stereocenters. The molecule has 0 spiro atoms. The van der Waals surface area contributed by atoms with Gasteiger partial charge >= 0.3 is 0 Å². The number of hydrogen-bond acceptors (Lipinski definition) is 1. The van der Waals surface area contributed by atoms with Gasteiger partial charge in [-0.3, -0.25) is 0 Å². The Kier molecular flexibility index (Phi) is 1.74. The first-order valence-electron chi connectivity index (χ1n) is 5.63. The van der Waals surface area contributed by atoms with Gasteiger partial charge in [-0.15, -0.1) is 0 Å². The van der Waals surface area contributed by atoms with Crippen LogP contribution in [0.5, 0.6) is 0 Å². The van der Waals surface area contributed by atoms with Gasteiger partial charge in [0.2, 0.25) is 0 Å². The fourth-order valence-electron chi connectivity index (χ4n) is 4.41. The summed E-state index contributed by atoms with van der Waals surface area (Å²) < 4.78 is 25.6. The molecule has 3 heteroatoms. The molecule has 0 aliphatic heterocycles. The normalized spacial score (nSPS) is 55.7. The molecule has 1 N–H and O–H groups in total. The fourth-order valence-corrected chi connectivity index (χ4v) is 4.41. The Morgan fingerprint density at radius 3 is 2.64 bits per heavy atom. The molecule has 0 aromatic carbocycles. The van der Waals surface area contributed by atoms with Gasteiger partial charge in [0, 0.05) is 0 Å². The lowest BCUT2D eigenvalue weighted by molar-refractivity contribution is -0.145. The maximum absolute atomic E-state index is 12.8. The maximum atomic E-state index is 12.8. The summed E-state index contributed by atoms with van der Waals surface area (Å²) in [4.78, 5) is 0. The molecule has 3 saturated carbocycles. The van der Waals surface area contributed by atoms with E-state index in [0.29, 0.717) is 24.2 Å². The van der Waals surface area contributed by atoms with Crippen LogP contribution in [0.3, 0.4) is 0 Å². The Labute approximate surface area is 82.5 Å². The van der Waals surface area contributed by atoms with E-state index < -0.39 is 12.0 Å². The molecule has 0 amide bonds. The summed E-state index contributed by atoms with van der Waals surface area (Å²) in [5, 5.41) is 9.96. The van der Waals surface area contributed by atoms with Crippen LogP contribution >= 0.6 is 0 Å². The first-order chi connectivity index (χ1) is 6.63. The Balaban J connectivity index is 1.89. The second kappa shape index (κ2) is 2.69. The number of alkyl halides is 2. The zero-order valence-corrected chi connectivity index (χ0v) is 8.13. The molecular weight excluding hydrogens is 186 g/mol. The van der Waals surface area contributed by atoms with Crippen molar-refractivity contribution >= 4 is 0 Å². The van der Waals surface area contributed by atoms with Crippen LogP contribution in [0.1, 0.15) is 32.1 Å². The van der Waals surface area contributed by atoms with Crippen LogP contribution in [0, 0.1) is 23.7 Å². The van der Waals surface area contributed by atoms with Gasteiger partial charge in [0.25, 0.3) is 6.43 Å². The van der Waals surface area contributed by atoms with Gasteiger partial charge in [0.15, 0.2) is 0 Å². The topological polar surface area (TPSA) is 20.2 Å². The molecule has 3 fully saturated rings. The van der Waals surface area contributed by atoms with Gasteiger partial charge in [-0.25, -0.2) is 8.78 Å². The van der Waals surface area contributed by atoms with E-state index in [1.165, 1.54) is 12.8 Å². The average molecular weight is 202 g/mol. The van der Waals surface area contributed by atoms with E-state index in [0.717, 1.165) is 12.8 Å². The highest BCUT2D eigenvalue weighted by molar-refractivity contribution is 5.11. The lowest BCUT2D eigenvalue weighted by atomic mass is 9.73. The molecule has 0 saturated heterocycles. The average Bonchev–Trinajstić information content (AvgIpc) is 2.71. The number of rotatable bonds is 1. The first-order valence-corrected chi connectivity index (χ1v) is 5.63. The van der Waals surface area contributed by atoms with Crippen molar-refractivity contribution in [2.24, 2.45) is 23.7 Å². The standard InChI is InChI=1S/C11H16F2O/c12-10(13)11(14)5-6-4-9(11)8-3-1-2-7(6)8/h6-10,14H,1-5H2. The van der Waals surface area contributed by atoms with Gasteiger partial charge in [0.1, 0.15) is 5.60 Å². The molecule has 5 unspecified atom stereocenters. The van der Waals surface area contributed by atoms with Crippen LogP contribution in [0.4, 0.5) is 8.78 Å². The van der Waals surface area contributed by atoms with Gasteiger partial charge in [-0.1, -0.05) is 6.42 Å². The van der Waals surface area contributed by atoms with Crippen LogP contribution in [-0.2, 0) is 0 Å². The zero-order valence-electron chi connectivity index (χ0n) is 8.13. The van der Waals surface area contributed by atoms with Crippen molar-refractivity contribution in [2.75, 3.05) is 0 Å². The third-order valence-corrected chi connectivity index (χ3v) is 4.91. The molecule has 3 aliphatic carbocycles. The minimum absolute atomic E-state index is 0.0972. The van der Waals surface area contributed by atoms with Crippen molar-refractivity contribution in [3.05, 3.63) is 0 Å². The number of fused-ring (bicyclic) bond motifs is 5. The van der Waals surface area contributed by atoms with Gasteiger partial charge in [-0.2, -0.15) is 0 Å². The summed E-state index contributed by atoms with van der Waals surface area (Å²) in [6.45, 7) is 0. The van der Waals surface area contributed by atoms with E-state index in [1.807, 2.05) is 0 Å². The molecule has 80 valence electrons. The van der Waals surface area contributed by atoms with Crippen LogP contribution in [0.25, 0.3) is 0 Å². The molecule has 3 rings (SSSR count). The monoisotopic (exact) mass is 202 g/mol. The van der Waals surface area contributed by atoms with Crippen LogP contribution in [0.15, 0.2) is 0 Å². The Morgan fingerprint density at radius 1 is 1.21 bits per heavy atom. The molecule has 0 heterocycles. The molecular formula is C11H16F2O. The summed E-state index contributed by atoms with van der Waals surface area (Å²) in [5.74, 6) is 1.37. The summed E-state index contributed by atoms with van der Waals surface area (Å²) in [7, 11) is 0. The molecule has 14 heavy (non-hydrogen) atoms. The van der Waals surface area contributed by atoms with Crippen molar-refractivity contribution in [1.29, 1.82) is 0 Å². The Bertz CT molecular complexity index is 256. The van der Waals surface area contributed by atoms with E-state index in [9.17, 15) is 13.9 Å². The van der Waals surface area contributed by atoms with Crippen molar-refractivity contribution in [3.63, 3.8) is 0 Å². The third-order valence-electron chi connectivity index (χ3n) is 4.91. The van der Waals surface area contributed by atoms with E-state index >= 15 is 0 Å². The van der Waals surface area contributed by atoms with Crippen molar-refractivity contribution in [3.8, 4) is 0 Å². The Hall–Kier alpha value is -0.180. The minimum Gasteiger partial charge on any atom is -0.384 e. The first kappa shape index (κ1) is 9.08. The zero-order chi connectivity index (χ0) is 9.92. The Morgan fingerprint density at radius 2 is 1.93 bits per heavy atom. The van der Waals surface area contributed by atoms with E-state index in [2.05, 4.69) is 0 Å². The summed E-state index contributed by atoms with van der Waals surface area (Å²) in [6, 6.07) is 0. The highest BCUT2D eigenvalue weighted by atomic mass is 19.3. The minimum atomic E-state index is -2.54. The second-order valence-corrected chi connectivity index (χ2v) is 5.36. The summed E-state index contributed by atoms with van der Waals surface area (Å²) in [5.41, 5.74) is -1.63. The predicted molar refractivity (Wildman–Crippen MR) is 48.0 cm³/mol. The van der Waals surface area contributed by atoms with Crippen molar-refractivity contribution in [1.82, 2.24) is 0 Å². The van der Waals surface area contributed by atoms with Gasteiger partial charge in [0.05, 0.1) is 0 Å². The fraction of sp³-hybridized carbons (Fsp3) is 1.00. The molecule has 3 aliphatic rings. The molecule has 0 aromatic rings. The third kappa shape index (κ3) is 0.918. The molecule has 1 nitrogen and oxygen atoms in total. The van der Waals surface area contributed by atoms with Gasteiger partial charge in [-0.05, 0) is 49.4 Å². The SMILES string of the molecule is OC1(C(F)F)CC2CC1C1CCCC21. The lowest BCUT2D eigenvalue weighted by Crippen LogP contribution is -2.47. The quantitative estimate of drug-likeness (QED) is 0.692. The van der Waals surface area contributed by atoms with Crippen LogP contribution in [-0.4, -0.2) is 17.1 Å². The van der Waals surface area contributed by atoms with E-state index in [1.54, 1.807) is 0 Å². The van der Waals surface area contributed by atoms with Crippen molar-refractivity contribution < 1.29 is 13.9 Å². The summed E-state index contributed by atoms with van der Waals surface area (Å²) >= 11 is 0. The molecule has 0 radical (unpaired) electrons. The van der Waals surface area contributed by atoms with Crippen LogP contribution < -0.4 is 0 Å². The van der Waals surface area contributed by atoms with E-state index in [-0.39, 0.29) is 5.92 Å².